The van der Waals surface area contributed by atoms with Gasteiger partial charge in [0.15, 0.2) is 0 Å². The summed E-state index contributed by atoms with van der Waals surface area (Å²) in [6.07, 6.45) is 1.13. The highest BCUT2D eigenvalue weighted by Crippen LogP contribution is 2.60. The Hall–Kier alpha value is -1.36. The SMILES string of the molecule is CCOC(=O)C=C(c1ccc(C(C)(C)C)o1)P(=O)(OCC)OCC. The van der Waals surface area contributed by atoms with Crippen LogP contribution in [0.3, 0.4) is 0 Å². The van der Waals surface area contributed by atoms with Crippen LogP contribution in [0.2, 0.25) is 0 Å². The second-order valence-electron chi connectivity index (χ2n) is 6.03. The van der Waals surface area contributed by atoms with E-state index in [1.807, 2.05) is 20.8 Å². The van der Waals surface area contributed by atoms with Gasteiger partial charge in [-0.3, -0.25) is 4.57 Å². The van der Waals surface area contributed by atoms with E-state index in [9.17, 15) is 9.36 Å². The second-order valence-corrected chi connectivity index (χ2v) is 8.02. The largest absolute Gasteiger partial charge is 0.463 e. The normalized spacial score (nSPS) is 13.2. The van der Waals surface area contributed by atoms with Gasteiger partial charge in [0.2, 0.25) is 0 Å². The average molecular weight is 358 g/mol. The lowest BCUT2D eigenvalue weighted by Gasteiger charge is -2.19. The summed E-state index contributed by atoms with van der Waals surface area (Å²) < 4.78 is 34.6. The van der Waals surface area contributed by atoms with Crippen molar-refractivity contribution in [2.75, 3.05) is 19.8 Å². The minimum atomic E-state index is -3.70. The first-order valence-corrected chi connectivity index (χ1v) is 9.61. The summed E-state index contributed by atoms with van der Waals surface area (Å²) >= 11 is 0. The molecule has 24 heavy (non-hydrogen) atoms. The highest BCUT2D eigenvalue weighted by Gasteiger charge is 2.35. The van der Waals surface area contributed by atoms with Gasteiger partial charge in [0.05, 0.1) is 19.8 Å². The molecule has 1 aromatic rings. The molecular formula is C17H27O6P. The molecule has 0 N–H and O–H groups in total. The third kappa shape index (κ3) is 5.33. The lowest BCUT2D eigenvalue weighted by atomic mass is 9.94. The molecule has 0 aliphatic heterocycles. The molecule has 6 nitrogen and oxygen atoms in total. The average Bonchev–Trinajstić information content (AvgIpc) is 2.95. The highest BCUT2D eigenvalue weighted by molar-refractivity contribution is 7.65. The number of hydrogen-bond donors (Lipinski definition) is 0. The van der Waals surface area contributed by atoms with Crippen LogP contribution in [-0.4, -0.2) is 25.8 Å². The Kier molecular flexibility index (Phi) is 7.46. The molecular weight excluding hydrogens is 331 g/mol. The summed E-state index contributed by atoms with van der Waals surface area (Å²) in [5.41, 5.74) is -0.228. The zero-order valence-corrected chi connectivity index (χ0v) is 16.1. The maximum Gasteiger partial charge on any atom is 0.365 e. The summed E-state index contributed by atoms with van der Waals surface area (Å²) in [6.45, 7) is 11.6. The Bertz CT molecular complexity index is 613. The molecule has 0 fully saturated rings. The molecule has 0 saturated carbocycles. The van der Waals surface area contributed by atoms with Gasteiger partial charge in [-0.25, -0.2) is 4.79 Å². The molecule has 7 heteroatoms. The fourth-order valence-corrected chi connectivity index (χ4v) is 3.66. The first-order chi connectivity index (χ1) is 11.2. The summed E-state index contributed by atoms with van der Waals surface area (Å²) in [4.78, 5) is 11.9. The molecule has 0 aliphatic carbocycles. The molecule has 0 saturated heterocycles. The Morgan fingerprint density at radius 2 is 1.71 bits per heavy atom. The van der Waals surface area contributed by atoms with Crippen LogP contribution in [0.25, 0.3) is 5.31 Å². The van der Waals surface area contributed by atoms with Crippen LogP contribution in [0.5, 0.6) is 0 Å². The van der Waals surface area contributed by atoms with Gasteiger partial charge >= 0.3 is 13.6 Å². The predicted molar refractivity (Wildman–Crippen MR) is 92.9 cm³/mol. The minimum absolute atomic E-state index is 0.0696. The molecule has 0 amide bonds. The van der Waals surface area contributed by atoms with E-state index >= 15 is 0 Å². The lowest BCUT2D eigenvalue weighted by molar-refractivity contribution is -0.137. The van der Waals surface area contributed by atoms with Gasteiger partial charge in [0, 0.05) is 11.5 Å². The zero-order valence-electron chi connectivity index (χ0n) is 15.3. The Labute approximate surface area is 143 Å². The molecule has 1 rings (SSSR count). The van der Waals surface area contributed by atoms with E-state index in [4.69, 9.17) is 18.2 Å². The molecule has 0 unspecified atom stereocenters. The number of furan rings is 1. The molecule has 1 aromatic heterocycles. The van der Waals surface area contributed by atoms with E-state index in [-0.39, 0.29) is 36.3 Å². The van der Waals surface area contributed by atoms with Crippen molar-refractivity contribution in [2.45, 2.75) is 47.0 Å². The standard InChI is InChI=1S/C17H27O6P/c1-7-20-16(18)12-14(24(19,21-8-2)22-9-3)13-10-11-15(23-13)17(4,5)6/h10-12H,7-9H2,1-6H3. The number of carbonyl (C=O) groups is 1. The number of ether oxygens (including phenoxy) is 1. The van der Waals surface area contributed by atoms with Crippen LogP contribution in [0.15, 0.2) is 22.6 Å². The molecule has 0 aliphatic rings. The monoisotopic (exact) mass is 358 g/mol. The van der Waals surface area contributed by atoms with E-state index in [2.05, 4.69) is 0 Å². The third-order valence-corrected chi connectivity index (χ3v) is 5.17. The Morgan fingerprint density at radius 3 is 2.12 bits per heavy atom. The maximum atomic E-state index is 13.1. The molecule has 0 atom stereocenters. The molecule has 0 spiro atoms. The van der Waals surface area contributed by atoms with Crippen molar-refractivity contribution in [3.05, 3.63) is 29.7 Å². The molecule has 0 aromatic carbocycles. The quantitative estimate of drug-likeness (QED) is 0.379. The zero-order chi connectivity index (χ0) is 18.4. The van der Waals surface area contributed by atoms with Gasteiger partial charge in [-0.2, -0.15) is 0 Å². The van der Waals surface area contributed by atoms with Crippen molar-refractivity contribution in [3.8, 4) is 0 Å². The van der Waals surface area contributed by atoms with Crippen LogP contribution < -0.4 is 0 Å². The fraction of sp³-hybridized carbons (Fsp3) is 0.588. The van der Waals surface area contributed by atoms with Crippen molar-refractivity contribution in [3.63, 3.8) is 0 Å². The number of esters is 1. The lowest BCUT2D eigenvalue weighted by Crippen LogP contribution is -2.09. The van der Waals surface area contributed by atoms with Gasteiger partial charge < -0.3 is 18.2 Å². The van der Waals surface area contributed by atoms with Crippen molar-refractivity contribution in [2.24, 2.45) is 0 Å². The smallest absolute Gasteiger partial charge is 0.365 e. The second kappa shape index (κ2) is 8.65. The van der Waals surface area contributed by atoms with Gasteiger partial charge in [0.25, 0.3) is 0 Å². The van der Waals surface area contributed by atoms with Crippen LogP contribution in [-0.2, 0) is 28.6 Å². The number of rotatable bonds is 8. The summed E-state index contributed by atoms with van der Waals surface area (Å²) in [5.74, 6) is 0.353. The third-order valence-electron chi connectivity index (χ3n) is 3.03. The minimum Gasteiger partial charge on any atom is -0.463 e. The van der Waals surface area contributed by atoms with Crippen molar-refractivity contribution in [1.82, 2.24) is 0 Å². The van der Waals surface area contributed by atoms with E-state index < -0.39 is 13.6 Å². The molecule has 1 heterocycles. The predicted octanol–water partition coefficient (Wildman–Crippen LogP) is 4.75. The van der Waals surface area contributed by atoms with E-state index in [0.29, 0.717) is 5.76 Å². The Balaban J connectivity index is 3.40. The van der Waals surface area contributed by atoms with Crippen LogP contribution in [0, 0.1) is 0 Å². The first-order valence-electron chi connectivity index (χ1n) is 8.06. The summed E-state index contributed by atoms with van der Waals surface area (Å²) in [7, 11) is -3.70. The van der Waals surface area contributed by atoms with Gasteiger partial charge in [0.1, 0.15) is 16.8 Å². The van der Waals surface area contributed by atoms with Crippen LogP contribution in [0.1, 0.15) is 53.1 Å². The summed E-state index contributed by atoms with van der Waals surface area (Å²) in [5, 5.41) is 0.0696. The topological polar surface area (TPSA) is 75.0 Å². The number of carbonyl (C=O) groups excluding carboxylic acids is 1. The number of hydrogen-bond acceptors (Lipinski definition) is 6. The van der Waals surface area contributed by atoms with Crippen molar-refractivity contribution < 1.29 is 27.6 Å². The first kappa shape index (κ1) is 20.7. The van der Waals surface area contributed by atoms with Crippen molar-refractivity contribution >= 4 is 18.9 Å². The van der Waals surface area contributed by atoms with Gasteiger partial charge in [-0.05, 0) is 32.9 Å². The van der Waals surface area contributed by atoms with Gasteiger partial charge in [-0.15, -0.1) is 0 Å². The summed E-state index contributed by atoms with van der Waals surface area (Å²) in [6, 6.07) is 3.45. The molecule has 136 valence electrons. The highest BCUT2D eigenvalue weighted by atomic mass is 31.2. The van der Waals surface area contributed by atoms with E-state index in [1.165, 1.54) is 0 Å². The van der Waals surface area contributed by atoms with Crippen molar-refractivity contribution in [1.29, 1.82) is 0 Å². The van der Waals surface area contributed by atoms with Crippen LogP contribution in [0.4, 0.5) is 0 Å². The molecule has 0 radical (unpaired) electrons. The van der Waals surface area contributed by atoms with Crippen LogP contribution >= 0.6 is 7.60 Å². The van der Waals surface area contributed by atoms with E-state index in [0.717, 1.165) is 6.08 Å². The Morgan fingerprint density at radius 1 is 1.12 bits per heavy atom. The van der Waals surface area contributed by atoms with Gasteiger partial charge in [-0.1, -0.05) is 20.8 Å². The maximum absolute atomic E-state index is 13.1. The molecule has 0 bridgehead atoms. The van der Waals surface area contributed by atoms with E-state index in [1.54, 1.807) is 32.9 Å². The fourth-order valence-electron chi connectivity index (χ4n) is 1.98.